The minimum atomic E-state index is -0.115. The molecule has 7 heteroatoms. The third-order valence-electron chi connectivity index (χ3n) is 4.86. The number of Topliss-reactive ketones (excluding diaryl/α,β-unsaturated/α-hetero) is 1. The van der Waals surface area contributed by atoms with Gasteiger partial charge in [0.25, 0.3) is 0 Å². The lowest BCUT2D eigenvalue weighted by Crippen LogP contribution is -2.12. The molecule has 2 N–H and O–H groups in total. The average molecular weight is 463 g/mol. The minimum Gasteiger partial charge on any atom is -0.503 e. The summed E-state index contributed by atoms with van der Waals surface area (Å²) < 4.78 is 10.8. The van der Waals surface area contributed by atoms with Gasteiger partial charge >= 0.3 is 0 Å². The lowest BCUT2D eigenvalue weighted by atomic mass is 9.87. The number of rotatable bonds is 6. The molecule has 0 atom stereocenters. The summed E-state index contributed by atoms with van der Waals surface area (Å²) in [5.41, 5.74) is 2.66. The van der Waals surface area contributed by atoms with Gasteiger partial charge in [-0.2, -0.15) is 0 Å². The van der Waals surface area contributed by atoms with Crippen LogP contribution >= 0.6 is 23.2 Å². The highest BCUT2D eigenvalue weighted by Crippen LogP contribution is 2.38. The molecular formula is C24H24Cl2O5. The van der Waals surface area contributed by atoms with Gasteiger partial charge in [-0.1, -0.05) is 23.2 Å². The van der Waals surface area contributed by atoms with Crippen molar-refractivity contribution in [2.24, 2.45) is 0 Å². The topological polar surface area (TPSA) is 76.0 Å². The Hall–Kier alpha value is -2.63. The van der Waals surface area contributed by atoms with Crippen LogP contribution in [0.3, 0.4) is 0 Å². The van der Waals surface area contributed by atoms with Gasteiger partial charge in [-0.25, -0.2) is 0 Å². The molecule has 3 rings (SSSR count). The molecule has 0 amide bonds. The van der Waals surface area contributed by atoms with Crippen molar-refractivity contribution in [3.63, 3.8) is 0 Å². The van der Waals surface area contributed by atoms with Crippen LogP contribution in [0.2, 0.25) is 10.0 Å². The average Bonchev–Trinajstić information content (AvgIpc) is 2.73. The summed E-state index contributed by atoms with van der Waals surface area (Å²) in [7, 11) is 0. The van der Waals surface area contributed by atoms with Gasteiger partial charge in [-0.05, 0) is 80.7 Å². The largest absolute Gasteiger partial charge is 0.503 e. The van der Waals surface area contributed by atoms with Crippen LogP contribution in [0.15, 0.2) is 35.4 Å². The molecule has 0 radical (unpaired) electrons. The molecule has 0 spiro atoms. The first kappa shape index (κ1) is 23.0. The second-order valence-corrected chi connectivity index (χ2v) is 7.90. The summed E-state index contributed by atoms with van der Waals surface area (Å²) in [6, 6.07) is 6.53. The zero-order valence-corrected chi connectivity index (χ0v) is 18.9. The van der Waals surface area contributed by atoms with E-state index in [2.05, 4.69) is 0 Å². The first-order valence-electron chi connectivity index (χ1n) is 10.1. The number of allylic oxidation sites excluding steroid dienone is 2. The van der Waals surface area contributed by atoms with E-state index >= 15 is 0 Å². The van der Waals surface area contributed by atoms with Crippen LogP contribution in [0.5, 0.6) is 23.0 Å². The maximum atomic E-state index is 13.1. The number of ether oxygens (including phenoxy) is 2. The van der Waals surface area contributed by atoms with Gasteiger partial charge in [0.2, 0.25) is 0 Å². The molecule has 31 heavy (non-hydrogen) atoms. The molecule has 1 fully saturated rings. The molecule has 0 unspecified atom stereocenters. The van der Waals surface area contributed by atoms with Gasteiger partial charge in [0.1, 0.15) is 0 Å². The van der Waals surface area contributed by atoms with Crippen LogP contribution in [0, 0.1) is 0 Å². The summed E-state index contributed by atoms with van der Waals surface area (Å²) >= 11 is 12.2. The van der Waals surface area contributed by atoms with Gasteiger partial charge in [-0.3, -0.25) is 4.79 Å². The molecule has 0 bridgehead atoms. The summed E-state index contributed by atoms with van der Waals surface area (Å²) in [4.78, 5) is 13.1. The molecule has 0 heterocycles. The summed E-state index contributed by atoms with van der Waals surface area (Å²) in [5.74, 6) is 0.271. The Labute approximate surface area is 191 Å². The third-order valence-corrected chi connectivity index (χ3v) is 5.43. The lowest BCUT2D eigenvalue weighted by molar-refractivity contribution is -0.112. The number of hydrogen-bond acceptors (Lipinski definition) is 5. The highest BCUT2D eigenvalue weighted by Gasteiger charge is 2.21. The van der Waals surface area contributed by atoms with E-state index < -0.39 is 0 Å². The van der Waals surface area contributed by atoms with Crippen LogP contribution in [0.25, 0.3) is 12.2 Å². The lowest BCUT2D eigenvalue weighted by Gasteiger charge is -2.17. The molecular weight excluding hydrogens is 439 g/mol. The Bertz CT molecular complexity index is 975. The van der Waals surface area contributed by atoms with E-state index in [1.54, 1.807) is 36.4 Å². The van der Waals surface area contributed by atoms with E-state index in [9.17, 15) is 15.0 Å². The maximum Gasteiger partial charge on any atom is 0.185 e. The maximum absolute atomic E-state index is 13.1. The molecule has 1 saturated carbocycles. The number of carbonyl (C=O) groups excluding carboxylic acids is 1. The number of ketones is 1. The highest BCUT2D eigenvalue weighted by atomic mass is 35.5. The molecule has 164 valence electrons. The predicted octanol–water partition coefficient (Wildman–Crippen LogP) is 6.42. The van der Waals surface area contributed by atoms with Crippen molar-refractivity contribution < 1.29 is 24.5 Å². The van der Waals surface area contributed by atoms with Crippen molar-refractivity contribution in [2.45, 2.75) is 33.1 Å². The van der Waals surface area contributed by atoms with Gasteiger partial charge < -0.3 is 19.7 Å². The fourth-order valence-electron chi connectivity index (χ4n) is 3.47. The van der Waals surface area contributed by atoms with Crippen LogP contribution < -0.4 is 9.47 Å². The standard InChI is InChI=1S/C24H24Cl2O5/c1-3-30-20-12-14(10-18(25)23(20)28)8-16-6-5-7-17(22(16)27)9-15-11-19(26)24(29)21(13-15)31-4-2/h8-13,28-29H,3-7H2,1-2H3/b16-8-,17-9-. The van der Waals surface area contributed by atoms with Crippen LogP contribution in [-0.4, -0.2) is 29.2 Å². The number of carbonyl (C=O) groups is 1. The predicted molar refractivity (Wildman–Crippen MR) is 123 cm³/mol. The van der Waals surface area contributed by atoms with E-state index in [-0.39, 0.29) is 38.8 Å². The second kappa shape index (κ2) is 10.1. The van der Waals surface area contributed by atoms with Crippen molar-refractivity contribution in [1.82, 2.24) is 0 Å². The van der Waals surface area contributed by atoms with Gasteiger partial charge in [0.15, 0.2) is 28.8 Å². The highest BCUT2D eigenvalue weighted by molar-refractivity contribution is 6.32. The van der Waals surface area contributed by atoms with Crippen LogP contribution in [0.4, 0.5) is 0 Å². The Kier molecular flexibility index (Phi) is 7.52. The number of benzene rings is 2. The molecule has 1 aliphatic rings. The SMILES string of the molecule is CCOc1cc(/C=C2/CCC/C(=C/c3cc(Cl)c(O)c(OCC)c3)C2=O)cc(Cl)c1O. The monoisotopic (exact) mass is 462 g/mol. The molecule has 0 aromatic heterocycles. The minimum absolute atomic E-state index is 0.0597. The van der Waals surface area contributed by atoms with Gasteiger partial charge in [0.05, 0.1) is 23.3 Å². The van der Waals surface area contributed by atoms with E-state index in [4.69, 9.17) is 32.7 Å². The van der Waals surface area contributed by atoms with Crippen molar-refractivity contribution in [3.8, 4) is 23.0 Å². The fourth-order valence-corrected chi connectivity index (χ4v) is 3.90. The van der Waals surface area contributed by atoms with E-state index in [0.29, 0.717) is 48.3 Å². The molecule has 5 nitrogen and oxygen atoms in total. The third kappa shape index (κ3) is 5.35. The van der Waals surface area contributed by atoms with E-state index in [1.807, 2.05) is 13.8 Å². The number of phenolic OH excluding ortho intramolecular Hbond substituents is 2. The Balaban J connectivity index is 1.93. The number of aromatic hydroxyl groups is 2. The van der Waals surface area contributed by atoms with Crippen LogP contribution in [-0.2, 0) is 4.79 Å². The van der Waals surface area contributed by atoms with Crippen molar-refractivity contribution >= 4 is 41.1 Å². The van der Waals surface area contributed by atoms with Gasteiger partial charge in [-0.15, -0.1) is 0 Å². The Morgan fingerprint density at radius 2 is 1.26 bits per heavy atom. The summed E-state index contributed by atoms with van der Waals surface area (Å²) in [6.07, 6.45) is 5.65. The van der Waals surface area contributed by atoms with E-state index in [0.717, 1.165) is 6.42 Å². The molecule has 1 aliphatic carbocycles. The van der Waals surface area contributed by atoms with Gasteiger partial charge in [0, 0.05) is 11.1 Å². The number of hydrogen-bond donors (Lipinski definition) is 2. The zero-order chi connectivity index (χ0) is 22.5. The van der Waals surface area contributed by atoms with E-state index in [1.165, 1.54) is 0 Å². The first-order chi connectivity index (χ1) is 14.8. The van der Waals surface area contributed by atoms with Crippen molar-refractivity contribution in [1.29, 1.82) is 0 Å². The van der Waals surface area contributed by atoms with Crippen LogP contribution in [0.1, 0.15) is 44.2 Å². The Morgan fingerprint density at radius 3 is 1.65 bits per heavy atom. The first-order valence-corrected chi connectivity index (χ1v) is 10.9. The summed E-state index contributed by atoms with van der Waals surface area (Å²) in [6.45, 7) is 4.39. The molecule has 0 aliphatic heterocycles. The smallest absolute Gasteiger partial charge is 0.185 e. The van der Waals surface area contributed by atoms with Crippen molar-refractivity contribution in [3.05, 3.63) is 56.6 Å². The summed E-state index contributed by atoms with van der Waals surface area (Å²) in [5, 5.41) is 20.4. The fraction of sp³-hybridized carbons (Fsp3) is 0.292. The molecule has 0 saturated heterocycles. The second-order valence-electron chi connectivity index (χ2n) is 7.09. The number of phenols is 2. The normalized spacial score (nSPS) is 16.7. The Morgan fingerprint density at radius 1 is 0.839 bits per heavy atom. The zero-order valence-electron chi connectivity index (χ0n) is 17.4. The van der Waals surface area contributed by atoms with Crippen molar-refractivity contribution in [2.75, 3.05) is 13.2 Å². The quantitative estimate of drug-likeness (QED) is 0.484. The number of halogens is 2. The molecule has 2 aromatic carbocycles. The molecule has 2 aromatic rings.